The first-order valence-corrected chi connectivity index (χ1v) is 10.5. The van der Waals surface area contributed by atoms with Gasteiger partial charge < -0.3 is 9.64 Å². The highest BCUT2D eigenvalue weighted by Crippen LogP contribution is 2.39. The number of fused-ring (bicyclic) bond motifs is 1. The Kier molecular flexibility index (Phi) is 6.14. The zero-order chi connectivity index (χ0) is 20.3. The van der Waals surface area contributed by atoms with Crippen LogP contribution >= 0.6 is 0 Å². The van der Waals surface area contributed by atoms with Crippen molar-refractivity contribution in [3.63, 3.8) is 0 Å². The minimum atomic E-state index is 0.144. The third kappa shape index (κ3) is 3.44. The van der Waals surface area contributed by atoms with Crippen molar-refractivity contribution in [2.24, 2.45) is 0 Å². The SMILES string of the molecule is CCN(CC)c1ccc(/C=C/C2[NH+](C)c3ccccc3C2(C)CC)c(OC)c1. The fourth-order valence-electron chi connectivity index (χ4n) is 4.73. The van der Waals surface area contributed by atoms with Gasteiger partial charge in [0.15, 0.2) is 0 Å². The maximum atomic E-state index is 5.72. The average molecular weight is 380 g/mol. The largest absolute Gasteiger partial charge is 0.496 e. The first-order chi connectivity index (χ1) is 13.5. The van der Waals surface area contributed by atoms with Gasteiger partial charge in [-0.1, -0.05) is 25.1 Å². The molecule has 0 saturated heterocycles. The van der Waals surface area contributed by atoms with E-state index in [2.05, 4.69) is 94.3 Å². The standard InChI is InChI=1S/C25H34N2O/c1-7-25(4)21-12-10-11-13-22(21)26(5)24(25)17-15-19-14-16-20(18-23(19)28-6)27(8-2)9-3/h10-18,24H,7-9H2,1-6H3/p+1/b17-15+. The highest BCUT2D eigenvalue weighted by atomic mass is 16.5. The van der Waals surface area contributed by atoms with E-state index in [0.29, 0.717) is 6.04 Å². The van der Waals surface area contributed by atoms with Gasteiger partial charge in [-0.3, -0.25) is 4.90 Å². The van der Waals surface area contributed by atoms with E-state index in [0.717, 1.165) is 30.8 Å². The summed E-state index contributed by atoms with van der Waals surface area (Å²) in [5, 5.41) is 0. The minimum Gasteiger partial charge on any atom is -0.496 e. The maximum absolute atomic E-state index is 5.72. The fourth-order valence-corrected chi connectivity index (χ4v) is 4.73. The molecule has 0 aliphatic carbocycles. The smallest absolute Gasteiger partial charge is 0.135 e. The van der Waals surface area contributed by atoms with Gasteiger partial charge in [-0.25, -0.2) is 0 Å². The molecule has 1 aliphatic heterocycles. The highest BCUT2D eigenvalue weighted by molar-refractivity contribution is 5.64. The third-order valence-corrected chi connectivity index (χ3v) is 6.67. The van der Waals surface area contributed by atoms with Crippen LogP contribution in [0.2, 0.25) is 0 Å². The lowest BCUT2D eigenvalue weighted by Gasteiger charge is -2.28. The molecule has 3 rings (SSSR count). The number of hydrogen-bond acceptors (Lipinski definition) is 2. The van der Waals surface area contributed by atoms with E-state index in [1.165, 1.54) is 21.8 Å². The Morgan fingerprint density at radius 3 is 2.46 bits per heavy atom. The second-order valence-corrected chi connectivity index (χ2v) is 7.93. The van der Waals surface area contributed by atoms with Crippen LogP contribution in [0.3, 0.4) is 0 Å². The van der Waals surface area contributed by atoms with Crippen LogP contribution in [0.4, 0.5) is 11.4 Å². The van der Waals surface area contributed by atoms with Crippen molar-refractivity contribution in [1.82, 2.24) is 0 Å². The molecule has 0 aromatic heterocycles. The van der Waals surface area contributed by atoms with Gasteiger partial charge in [-0.05, 0) is 57.5 Å². The number of ether oxygens (including phenoxy) is 1. The molecule has 0 fully saturated rings. The summed E-state index contributed by atoms with van der Waals surface area (Å²) < 4.78 is 5.72. The van der Waals surface area contributed by atoms with E-state index in [-0.39, 0.29) is 5.41 Å². The van der Waals surface area contributed by atoms with E-state index in [4.69, 9.17) is 4.74 Å². The molecular formula is C25H35N2O+. The molecule has 1 aliphatic rings. The summed E-state index contributed by atoms with van der Waals surface area (Å²) >= 11 is 0. The van der Waals surface area contributed by atoms with Gasteiger partial charge in [0.1, 0.15) is 17.5 Å². The second-order valence-electron chi connectivity index (χ2n) is 7.93. The van der Waals surface area contributed by atoms with Crippen LogP contribution in [-0.2, 0) is 5.41 Å². The van der Waals surface area contributed by atoms with Crippen LogP contribution in [0.5, 0.6) is 5.75 Å². The van der Waals surface area contributed by atoms with Gasteiger partial charge in [-0.15, -0.1) is 0 Å². The molecule has 1 N–H and O–H groups in total. The predicted octanol–water partition coefficient (Wildman–Crippen LogP) is 4.45. The molecule has 0 saturated carbocycles. The van der Waals surface area contributed by atoms with Gasteiger partial charge in [0, 0.05) is 36.0 Å². The number of quaternary nitrogens is 1. The van der Waals surface area contributed by atoms with Crippen molar-refractivity contribution in [2.75, 3.05) is 32.1 Å². The lowest BCUT2D eigenvalue weighted by atomic mass is 9.76. The minimum absolute atomic E-state index is 0.144. The molecule has 2 aromatic rings. The monoisotopic (exact) mass is 379 g/mol. The third-order valence-electron chi connectivity index (χ3n) is 6.67. The molecule has 0 amide bonds. The van der Waals surface area contributed by atoms with Crippen LogP contribution in [-0.4, -0.2) is 33.3 Å². The molecule has 0 spiro atoms. The summed E-state index contributed by atoms with van der Waals surface area (Å²) in [6, 6.07) is 15.8. The Morgan fingerprint density at radius 1 is 1.11 bits per heavy atom. The normalized spacial score (nSPS) is 23.8. The summed E-state index contributed by atoms with van der Waals surface area (Å²) in [6.07, 6.45) is 5.75. The number of likely N-dealkylation sites (N-methyl/N-ethyl adjacent to an activating group) is 1. The molecule has 0 radical (unpaired) electrons. The number of nitrogens with one attached hydrogen (secondary N) is 1. The number of para-hydroxylation sites is 1. The first-order valence-electron chi connectivity index (χ1n) is 10.5. The van der Waals surface area contributed by atoms with Crippen LogP contribution in [0, 0.1) is 0 Å². The summed E-state index contributed by atoms with van der Waals surface area (Å²) in [6.45, 7) is 11.1. The molecule has 0 bridgehead atoms. The molecule has 2 aromatic carbocycles. The van der Waals surface area contributed by atoms with Crippen molar-refractivity contribution in [3.8, 4) is 5.75 Å². The molecule has 150 valence electrons. The molecule has 3 atom stereocenters. The topological polar surface area (TPSA) is 16.9 Å². The average Bonchev–Trinajstić information content (AvgIpc) is 2.95. The number of hydrogen-bond donors (Lipinski definition) is 1. The lowest BCUT2D eigenvalue weighted by Crippen LogP contribution is -3.07. The molecular weight excluding hydrogens is 344 g/mol. The van der Waals surface area contributed by atoms with Gasteiger partial charge in [0.2, 0.25) is 0 Å². The van der Waals surface area contributed by atoms with Crippen molar-refractivity contribution < 1.29 is 9.64 Å². The number of anilines is 1. The fraction of sp³-hybridized carbons (Fsp3) is 0.440. The highest BCUT2D eigenvalue weighted by Gasteiger charge is 2.48. The zero-order valence-electron chi connectivity index (χ0n) is 18.3. The van der Waals surface area contributed by atoms with Crippen LogP contribution in [0.1, 0.15) is 45.2 Å². The number of benzene rings is 2. The van der Waals surface area contributed by atoms with Gasteiger partial charge in [0.05, 0.1) is 19.6 Å². The van der Waals surface area contributed by atoms with Crippen molar-refractivity contribution >= 4 is 17.5 Å². The quantitative estimate of drug-likeness (QED) is 0.765. The lowest BCUT2D eigenvalue weighted by molar-refractivity contribution is -0.828. The molecule has 28 heavy (non-hydrogen) atoms. The molecule has 3 unspecified atom stereocenters. The Balaban J connectivity index is 1.93. The van der Waals surface area contributed by atoms with E-state index in [1.807, 2.05) is 0 Å². The number of methoxy groups -OCH3 is 1. The van der Waals surface area contributed by atoms with E-state index >= 15 is 0 Å². The summed E-state index contributed by atoms with van der Waals surface area (Å²) in [5.41, 5.74) is 5.40. The molecule has 3 nitrogen and oxygen atoms in total. The van der Waals surface area contributed by atoms with E-state index in [1.54, 1.807) is 7.11 Å². The summed E-state index contributed by atoms with van der Waals surface area (Å²) in [7, 11) is 4.05. The van der Waals surface area contributed by atoms with Crippen LogP contribution in [0.25, 0.3) is 6.08 Å². The maximum Gasteiger partial charge on any atom is 0.135 e. The molecule has 1 heterocycles. The Hall–Kier alpha value is -2.26. The van der Waals surface area contributed by atoms with E-state index in [9.17, 15) is 0 Å². The van der Waals surface area contributed by atoms with Crippen LogP contribution < -0.4 is 14.5 Å². The Morgan fingerprint density at radius 2 is 1.82 bits per heavy atom. The van der Waals surface area contributed by atoms with Gasteiger partial charge in [0.25, 0.3) is 0 Å². The summed E-state index contributed by atoms with van der Waals surface area (Å²) in [4.78, 5) is 3.81. The van der Waals surface area contributed by atoms with E-state index < -0.39 is 0 Å². The summed E-state index contributed by atoms with van der Waals surface area (Å²) in [5.74, 6) is 0.937. The predicted molar refractivity (Wildman–Crippen MR) is 120 cm³/mol. The Bertz CT molecular complexity index is 840. The Labute approximate surface area is 170 Å². The van der Waals surface area contributed by atoms with Crippen molar-refractivity contribution in [3.05, 3.63) is 59.7 Å². The number of nitrogens with zero attached hydrogens (tertiary/aromatic N) is 1. The van der Waals surface area contributed by atoms with Crippen molar-refractivity contribution in [2.45, 2.75) is 45.6 Å². The molecule has 3 heteroatoms. The van der Waals surface area contributed by atoms with Crippen LogP contribution in [0.15, 0.2) is 48.5 Å². The van der Waals surface area contributed by atoms with Gasteiger partial charge in [-0.2, -0.15) is 0 Å². The second kappa shape index (κ2) is 8.40. The van der Waals surface area contributed by atoms with Gasteiger partial charge >= 0.3 is 0 Å². The number of rotatable bonds is 7. The van der Waals surface area contributed by atoms with Crippen molar-refractivity contribution in [1.29, 1.82) is 0 Å². The zero-order valence-corrected chi connectivity index (χ0v) is 18.3. The first kappa shape index (κ1) is 20.5.